The largest absolute Gasteiger partial charge is 0.396 e. The molecule has 3 N–H and O–H groups in total. The minimum atomic E-state index is -0.641. The molecular formula is C31H46BrN3O4S. The summed E-state index contributed by atoms with van der Waals surface area (Å²) in [4.78, 5) is 43.9. The number of carbonyl (C=O) groups excluding carboxylic acids is 3. The van der Waals surface area contributed by atoms with Crippen molar-refractivity contribution in [1.82, 2.24) is 15.5 Å². The summed E-state index contributed by atoms with van der Waals surface area (Å²) in [5, 5.41) is 15.5. The molecule has 0 aromatic heterocycles. The molecule has 40 heavy (non-hydrogen) atoms. The highest BCUT2D eigenvalue weighted by Gasteiger charge is 2.75. The molecule has 0 saturated carbocycles. The Morgan fingerprint density at radius 1 is 1.07 bits per heavy atom. The first-order valence-electron chi connectivity index (χ1n) is 14.7. The van der Waals surface area contributed by atoms with Crippen LogP contribution < -0.4 is 10.6 Å². The van der Waals surface area contributed by atoms with E-state index in [1.54, 1.807) is 16.7 Å². The monoisotopic (exact) mass is 635 g/mol. The van der Waals surface area contributed by atoms with Gasteiger partial charge in [-0.1, -0.05) is 79.9 Å². The topological polar surface area (TPSA) is 98.7 Å². The molecule has 4 rings (SSSR count). The summed E-state index contributed by atoms with van der Waals surface area (Å²) >= 11 is 5.53. The molecule has 3 unspecified atom stereocenters. The third kappa shape index (κ3) is 6.57. The first kappa shape index (κ1) is 31.4. The van der Waals surface area contributed by atoms with E-state index < -0.39 is 28.2 Å². The summed E-state index contributed by atoms with van der Waals surface area (Å²) in [7, 11) is 0. The molecule has 0 aliphatic carbocycles. The second kappa shape index (κ2) is 12.3. The fourth-order valence-electron chi connectivity index (χ4n) is 7.39. The highest BCUT2D eigenvalue weighted by molar-refractivity contribution is 9.09. The molecule has 1 spiro atoms. The van der Waals surface area contributed by atoms with Gasteiger partial charge in [0.05, 0.1) is 16.6 Å². The third-order valence-corrected chi connectivity index (χ3v) is 11.6. The van der Waals surface area contributed by atoms with Crippen LogP contribution in [0.25, 0.3) is 0 Å². The van der Waals surface area contributed by atoms with Crippen LogP contribution in [0.5, 0.6) is 0 Å². The number of hydrogen-bond acceptors (Lipinski definition) is 5. The van der Waals surface area contributed by atoms with Gasteiger partial charge in [0.25, 0.3) is 0 Å². The van der Waals surface area contributed by atoms with E-state index in [0.29, 0.717) is 19.5 Å². The van der Waals surface area contributed by atoms with Crippen LogP contribution in [0.2, 0.25) is 0 Å². The van der Waals surface area contributed by atoms with E-state index in [-0.39, 0.29) is 39.8 Å². The van der Waals surface area contributed by atoms with Crippen LogP contribution in [-0.2, 0) is 20.9 Å². The number of aliphatic hydroxyl groups excluding tert-OH is 1. The average Bonchev–Trinajstić information content (AvgIpc) is 3.44. The van der Waals surface area contributed by atoms with E-state index in [0.717, 1.165) is 37.7 Å². The predicted molar refractivity (Wildman–Crippen MR) is 164 cm³/mol. The highest BCUT2D eigenvalue weighted by Crippen LogP contribution is 2.67. The number of benzene rings is 1. The lowest BCUT2D eigenvalue weighted by atomic mass is 9.70. The molecule has 3 saturated heterocycles. The van der Waals surface area contributed by atoms with Gasteiger partial charge in [0.15, 0.2) is 0 Å². The van der Waals surface area contributed by atoms with Gasteiger partial charge in [0, 0.05) is 35.3 Å². The van der Waals surface area contributed by atoms with Crippen LogP contribution in [-0.4, -0.2) is 67.3 Å². The smallest absolute Gasteiger partial charge is 0.244 e. The van der Waals surface area contributed by atoms with E-state index >= 15 is 0 Å². The van der Waals surface area contributed by atoms with Crippen LogP contribution in [0.15, 0.2) is 30.3 Å². The summed E-state index contributed by atoms with van der Waals surface area (Å²) in [5.41, 5.74) is 0.595. The second-order valence-electron chi connectivity index (χ2n) is 13.6. The fraction of sp³-hybridized carbons (Fsp3) is 0.710. The van der Waals surface area contributed by atoms with Crippen LogP contribution in [0.4, 0.5) is 0 Å². The zero-order chi connectivity index (χ0) is 29.3. The van der Waals surface area contributed by atoms with Crippen molar-refractivity contribution in [3.63, 3.8) is 0 Å². The van der Waals surface area contributed by atoms with Crippen molar-refractivity contribution in [3.8, 4) is 0 Å². The minimum absolute atomic E-state index is 0.0267. The number of fused-ring (bicyclic) bond motifs is 1. The molecular weight excluding hydrogens is 590 g/mol. The molecule has 3 heterocycles. The number of amides is 3. The lowest BCUT2D eigenvalue weighted by Crippen LogP contribution is -2.58. The molecule has 3 amide bonds. The number of alkyl halides is 1. The van der Waals surface area contributed by atoms with Crippen molar-refractivity contribution >= 4 is 45.4 Å². The maximum Gasteiger partial charge on any atom is 0.244 e. The number of unbranched alkanes of at least 4 members (excludes halogenated alkanes) is 3. The standard InChI is InChI=1S/C31H46BrN3O4S/c1-29(2,3)19-30(4,5)34-27(38)25-31-17-21(32)24(40-31)22(26(37)33-18-20-13-9-8-10-14-20)23(31)28(39)35(25)15-11-6-7-12-16-36/h8-10,13-14,21-25,36H,6-7,11-12,15-19H2,1-5H3,(H,33,37)(H,34,38)/t21?,22-,23-,24-,25?,31?/m0/s1. The van der Waals surface area contributed by atoms with Gasteiger partial charge >= 0.3 is 0 Å². The summed E-state index contributed by atoms with van der Waals surface area (Å²) in [5.74, 6) is -1.30. The number of aliphatic hydroxyl groups is 1. The Bertz CT molecular complexity index is 1080. The third-order valence-electron chi connectivity index (χ3n) is 8.39. The number of thioether (sulfide) groups is 1. The van der Waals surface area contributed by atoms with Gasteiger partial charge in [0.2, 0.25) is 17.7 Å². The van der Waals surface area contributed by atoms with Crippen molar-refractivity contribution in [3.05, 3.63) is 35.9 Å². The zero-order valence-electron chi connectivity index (χ0n) is 24.5. The second-order valence-corrected chi connectivity index (χ2v) is 16.4. The van der Waals surface area contributed by atoms with Crippen LogP contribution in [0.3, 0.4) is 0 Å². The Kier molecular flexibility index (Phi) is 9.67. The summed E-state index contributed by atoms with van der Waals surface area (Å²) in [6.45, 7) is 11.6. The van der Waals surface area contributed by atoms with Gasteiger partial charge in [-0.25, -0.2) is 0 Å². The molecule has 3 aliphatic rings. The van der Waals surface area contributed by atoms with Gasteiger partial charge < -0.3 is 20.6 Å². The lowest BCUT2D eigenvalue weighted by molar-refractivity contribution is -0.140. The first-order chi connectivity index (χ1) is 18.8. The molecule has 9 heteroatoms. The molecule has 222 valence electrons. The van der Waals surface area contributed by atoms with E-state index in [1.165, 1.54) is 0 Å². The maximum atomic E-state index is 14.2. The molecule has 1 aromatic carbocycles. The summed E-state index contributed by atoms with van der Waals surface area (Å²) in [6.07, 6.45) is 4.74. The fourth-order valence-corrected chi connectivity index (χ4v) is 11.0. The Morgan fingerprint density at radius 3 is 2.40 bits per heavy atom. The quantitative estimate of drug-likeness (QED) is 0.229. The van der Waals surface area contributed by atoms with Crippen LogP contribution >= 0.6 is 27.7 Å². The Balaban J connectivity index is 1.60. The van der Waals surface area contributed by atoms with Gasteiger partial charge in [-0.3, -0.25) is 14.4 Å². The van der Waals surface area contributed by atoms with Gasteiger partial charge in [-0.2, -0.15) is 0 Å². The number of halogens is 1. The number of carbonyl (C=O) groups is 3. The summed E-state index contributed by atoms with van der Waals surface area (Å²) in [6, 6.07) is 9.17. The average molecular weight is 637 g/mol. The Morgan fingerprint density at radius 2 is 1.75 bits per heavy atom. The highest BCUT2D eigenvalue weighted by atomic mass is 79.9. The Labute approximate surface area is 252 Å². The number of hydrogen-bond donors (Lipinski definition) is 3. The van der Waals surface area contributed by atoms with Crippen molar-refractivity contribution < 1.29 is 19.5 Å². The van der Waals surface area contributed by atoms with E-state index in [2.05, 4.69) is 47.3 Å². The molecule has 2 bridgehead atoms. The molecule has 6 atom stereocenters. The zero-order valence-corrected chi connectivity index (χ0v) is 26.9. The van der Waals surface area contributed by atoms with Crippen molar-refractivity contribution in [1.29, 1.82) is 0 Å². The molecule has 3 aliphatic heterocycles. The van der Waals surface area contributed by atoms with Crippen molar-refractivity contribution in [2.45, 2.75) is 106 Å². The van der Waals surface area contributed by atoms with Crippen molar-refractivity contribution in [2.75, 3.05) is 13.2 Å². The van der Waals surface area contributed by atoms with Crippen LogP contribution in [0, 0.1) is 17.3 Å². The molecule has 7 nitrogen and oxygen atoms in total. The van der Waals surface area contributed by atoms with Gasteiger partial charge in [-0.15, -0.1) is 11.8 Å². The Hall–Kier alpha value is -1.58. The number of nitrogens with zero attached hydrogens (tertiary/aromatic N) is 1. The van der Waals surface area contributed by atoms with Crippen molar-refractivity contribution in [2.24, 2.45) is 17.3 Å². The number of rotatable bonds is 12. The number of nitrogens with one attached hydrogen (secondary N) is 2. The maximum absolute atomic E-state index is 14.2. The SMILES string of the molecule is CC(C)(C)CC(C)(C)NC(=O)C1N(CCCCCCO)C(=O)[C@@H]2[C@H](C(=O)NCc3ccccc3)[C@H]3SC12CC3Br. The minimum Gasteiger partial charge on any atom is -0.396 e. The molecule has 0 radical (unpaired) electrons. The number of likely N-dealkylation sites (tertiary alicyclic amines) is 1. The van der Waals surface area contributed by atoms with E-state index in [1.807, 2.05) is 44.2 Å². The van der Waals surface area contributed by atoms with E-state index in [9.17, 15) is 14.4 Å². The van der Waals surface area contributed by atoms with E-state index in [4.69, 9.17) is 5.11 Å². The van der Waals surface area contributed by atoms with Crippen LogP contribution in [0.1, 0.15) is 78.7 Å². The van der Waals surface area contributed by atoms with Gasteiger partial charge in [0.1, 0.15) is 6.04 Å². The predicted octanol–water partition coefficient (Wildman–Crippen LogP) is 4.65. The summed E-state index contributed by atoms with van der Waals surface area (Å²) < 4.78 is -0.641. The van der Waals surface area contributed by atoms with Gasteiger partial charge in [-0.05, 0) is 50.5 Å². The normalized spacial score (nSPS) is 29.5. The lowest BCUT2D eigenvalue weighted by Gasteiger charge is -2.39. The first-order valence-corrected chi connectivity index (χ1v) is 16.5. The molecule has 3 fully saturated rings. The molecule has 1 aromatic rings.